The molecule has 2 aromatic carbocycles. The Labute approximate surface area is 186 Å². The SMILES string of the molecule is C#CCOc1ccc(C=C2NC(=O)N(CC(=O)Nc3cccc(C)c3)C2=O)cc1OCC. The molecular formula is C24H23N3O5. The van der Waals surface area contributed by atoms with Crippen LogP contribution in [0, 0.1) is 19.3 Å². The molecule has 32 heavy (non-hydrogen) atoms. The van der Waals surface area contributed by atoms with Crippen LogP contribution in [0.25, 0.3) is 6.08 Å². The van der Waals surface area contributed by atoms with Crippen LogP contribution in [0.3, 0.4) is 0 Å². The van der Waals surface area contributed by atoms with Crippen molar-refractivity contribution in [3.05, 3.63) is 59.3 Å². The molecule has 1 fully saturated rings. The van der Waals surface area contributed by atoms with E-state index in [1.807, 2.05) is 19.9 Å². The Bertz CT molecular complexity index is 1120. The van der Waals surface area contributed by atoms with Crippen molar-refractivity contribution in [3.8, 4) is 23.8 Å². The highest BCUT2D eigenvalue weighted by molar-refractivity contribution is 6.15. The summed E-state index contributed by atoms with van der Waals surface area (Å²) in [5, 5.41) is 5.18. The van der Waals surface area contributed by atoms with Gasteiger partial charge in [-0.15, -0.1) is 6.42 Å². The number of terminal acetylenes is 1. The van der Waals surface area contributed by atoms with Crippen LogP contribution in [0.2, 0.25) is 0 Å². The summed E-state index contributed by atoms with van der Waals surface area (Å²) >= 11 is 0. The number of hydrogen-bond acceptors (Lipinski definition) is 5. The van der Waals surface area contributed by atoms with Gasteiger partial charge in [0.1, 0.15) is 18.8 Å². The number of nitrogens with one attached hydrogen (secondary N) is 2. The zero-order valence-corrected chi connectivity index (χ0v) is 17.8. The number of ether oxygens (including phenoxy) is 2. The van der Waals surface area contributed by atoms with Gasteiger partial charge < -0.3 is 20.1 Å². The summed E-state index contributed by atoms with van der Waals surface area (Å²) in [7, 11) is 0. The number of urea groups is 1. The summed E-state index contributed by atoms with van der Waals surface area (Å²) < 4.78 is 11.0. The molecule has 4 amide bonds. The van der Waals surface area contributed by atoms with Gasteiger partial charge in [0.15, 0.2) is 11.5 Å². The largest absolute Gasteiger partial charge is 0.490 e. The fraction of sp³-hybridized carbons (Fsp3) is 0.208. The lowest BCUT2D eigenvalue weighted by Gasteiger charge is -2.12. The Morgan fingerprint density at radius 3 is 2.72 bits per heavy atom. The minimum Gasteiger partial charge on any atom is -0.490 e. The lowest BCUT2D eigenvalue weighted by Crippen LogP contribution is -2.38. The van der Waals surface area contributed by atoms with Crippen LogP contribution in [0.15, 0.2) is 48.2 Å². The monoisotopic (exact) mass is 433 g/mol. The molecule has 3 rings (SSSR count). The normalized spacial score (nSPS) is 14.2. The van der Waals surface area contributed by atoms with Crippen molar-refractivity contribution in [2.24, 2.45) is 0 Å². The van der Waals surface area contributed by atoms with Gasteiger partial charge in [-0.05, 0) is 55.3 Å². The van der Waals surface area contributed by atoms with Crippen LogP contribution in [0.1, 0.15) is 18.1 Å². The number of hydrogen-bond donors (Lipinski definition) is 2. The smallest absolute Gasteiger partial charge is 0.329 e. The molecule has 1 aliphatic rings. The standard InChI is InChI=1S/C24H23N3O5/c1-4-11-32-20-10-9-17(14-21(20)31-5-2)13-19-23(29)27(24(30)26-19)15-22(28)25-18-8-6-7-16(3)12-18/h1,6-10,12-14H,5,11,15H2,2-3H3,(H,25,28)(H,26,30). The van der Waals surface area contributed by atoms with Gasteiger partial charge in [-0.25, -0.2) is 9.69 Å². The average molecular weight is 433 g/mol. The van der Waals surface area contributed by atoms with Crippen molar-refractivity contribution in [1.82, 2.24) is 10.2 Å². The van der Waals surface area contributed by atoms with Crippen LogP contribution in [-0.4, -0.2) is 42.5 Å². The Morgan fingerprint density at radius 1 is 1.19 bits per heavy atom. The van der Waals surface area contributed by atoms with E-state index in [1.165, 1.54) is 6.08 Å². The van der Waals surface area contributed by atoms with Crippen molar-refractivity contribution < 1.29 is 23.9 Å². The quantitative estimate of drug-likeness (QED) is 0.379. The Morgan fingerprint density at radius 2 is 2.00 bits per heavy atom. The van der Waals surface area contributed by atoms with Crippen molar-refractivity contribution >= 4 is 29.6 Å². The molecule has 1 heterocycles. The molecule has 0 unspecified atom stereocenters. The molecule has 0 saturated carbocycles. The van der Waals surface area contributed by atoms with E-state index in [0.717, 1.165) is 10.5 Å². The first-order chi connectivity index (χ1) is 15.4. The predicted molar refractivity (Wildman–Crippen MR) is 120 cm³/mol. The molecule has 0 atom stereocenters. The van der Waals surface area contributed by atoms with E-state index >= 15 is 0 Å². The number of carbonyl (C=O) groups excluding carboxylic acids is 3. The van der Waals surface area contributed by atoms with Crippen LogP contribution in [-0.2, 0) is 9.59 Å². The first-order valence-electron chi connectivity index (χ1n) is 9.95. The zero-order valence-electron chi connectivity index (χ0n) is 17.8. The third-order valence-corrected chi connectivity index (χ3v) is 4.46. The number of nitrogens with zero attached hydrogens (tertiary/aromatic N) is 1. The van der Waals surface area contributed by atoms with Crippen LogP contribution in [0.4, 0.5) is 10.5 Å². The molecule has 0 bridgehead atoms. The number of rotatable bonds is 8. The highest BCUT2D eigenvalue weighted by atomic mass is 16.5. The first-order valence-corrected chi connectivity index (χ1v) is 9.95. The van der Waals surface area contributed by atoms with Crippen LogP contribution in [0.5, 0.6) is 11.5 Å². The summed E-state index contributed by atoms with van der Waals surface area (Å²) in [5.74, 6) is 2.25. The summed E-state index contributed by atoms with van der Waals surface area (Å²) in [6.45, 7) is 3.82. The molecule has 0 aromatic heterocycles. The van der Waals surface area contributed by atoms with Gasteiger partial charge in [-0.3, -0.25) is 9.59 Å². The minimum absolute atomic E-state index is 0.0538. The second-order valence-electron chi connectivity index (χ2n) is 6.93. The third-order valence-electron chi connectivity index (χ3n) is 4.46. The molecule has 0 spiro atoms. The lowest BCUT2D eigenvalue weighted by atomic mass is 10.1. The molecule has 8 nitrogen and oxygen atoms in total. The Kier molecular flexibility index (Phi) is 7.13. The van der Waals surface area contributed by atoms with Crippen molar-refractivity contribution in [1.29, 1.82) is 0 Å². The van der Waals surface area contributed by atoms with Crippen molar-refractivity contribution in [3.63, 3.8) is 0 Å². The van der Waals surface area contributed by atoms with E-state index in [-0.39, 0.29) is 12.3 Å². The van der Waals surface area contributed by atoms with Gasteiger partial charge >= 0.3 is 6.03 Å². The second-order valence-corrected chi connectivity index (χ2v) is 6.93. The molecule has 2 aromatic rings. The minimum atomic E-state index is -0.667. The molecule has 8 heteroatoms. The zero-order chi connectivity index (χ0) is 23.1. The summed E-state index contributed by atoms with van der Waals surface area (Å²) in [5.41, 5.74) is 2.23. The van der Waals surface area contributed by atoms with Gasteiger partial charge in [-0.2, -0.15) is 0 Å². The van der Waals surface area contributed by atoms with Gasteiger partial charge in [-0.1, -0.05) is 24.1 Å². The topological polar surface area (TPSA) is 97.0 Å². The van der Waals surface area contributed by atoms with E-state index in [2.05, 4.69) is 16.6 Å². The summed E-state index contributed by atoms with van der Waals surface area (Å²) in [6.07, 6.45) is 6.73. The van der Waals surface area contributed by atoms with Crippen molar-refractivity contribution in [2.75, 3.05) is 25.1 Å². The molecular weight excluding hydrogens is 410 g/mol. The number of amides is 4. The van der Waals surface area contributed by atoms with Crippen LogP contribution >= 0.6 is 0 Å². The molecule has 164 valence electrons. The molecule has 1 aliphatic heterocycles. The highest BCUT2D eigenvalue weighted by Crippen LogP contribution is 2.29. The molecule has 0 radical (unpaired) electrons. The number of anilines is 1. The summed E-state index contributed by atoms with van der Waals surface area (Å²) in [4.78, 5) is 38.2. The summed E-state index contributed by atoms with van der Waals surface area (Å²) in [6, 6.07) is 11.6. The van der Waals surface area contributed by atoms with Gasteiger partial charge in [0.25, 0.3) is 5.91 Å². The van der Waals surface area contributed by atoms with E-state index in [1.54, 1.807) is 36.4 Å². The molecule has 0 aliphatic carbocycles. The number of imide groups is 1. The van der Waals surface area contributed by atoms with E-state index in [9.17, 15) is 14.4 Å². The first kappa shape index (κ1) is 22.4. The van der Waals surface area contributed by atoms with Gasteiger partial charge in [0.05, 0.1) is 6.61 Å². The molecule has 2 N–H and O–H groups in total. The number of carbonyl (C=O) groups is 3. The Balaban J connectivity index is 1.72. The number of aryl methyl sites for hydroxylation is 1. The predicted octanol–water partition coefficient (Wildman–Crippen LogP) is 2.94. The van der Waals surface area contributed by atoms with Crippen LogP contribution < -0.4 is 20.1 Å². The average Bonchev–Trinajstić information content (AvgIpc) is 3.00. The maximum Gasteiger partial charge on any atom is 0.329 e. The molecule has 1 saturated heterocycles. The van der Waals surface area contributed by atoms with Gasteiger partial charge in [0, 0.05) is 5.69 Å². The lowest BCUT2D eigenvalue weighted by molar-refractivity contribution is -0.127. The second kappa shape index (κ2) is 10.2. The number of benzene rings is 2. The maximum atomic E-state index is 12.7. The van der Waals surface area contributed by atoms with E-state index in [4.69, 9.17) is 15.9 Å². The highest BCUT2D eigenvalue weighted by Gasteiger charge is 2.35. The maximum absolute atomic E-state index is 12.7. The van der Waals surface area contributed by atoms with E-state index < -0.39 is 24.4 Å². The fourth-order valence-corrected chi connectivity index (χ4v) is 3.07. The third kappa shape index (κ3) is 5.46. The fourth-order valence-electron chi connectivity index (χ4n) is 3.07. The van der Waals surface area contributed by atoms with Crippen molar-refractivity contribution in [2.45, 2.75) is 13.8 Å². The Hall–Kier alpha value is -4.25. The van der Waals surface area contributed by atoms with Gasteiger partial charge in [0.2, 0.25) is 5.91 Å². The van der Waals surface area contributed by atoms with E-state index in [0.29, 0.717) is 29.4 Å².